The molecule has 106 valence electrons. The molecule has 0 saturated carbocycles. The van der Waals surface area contributed by atoms with Crippen molar-refractivity contribution in [3.05, 3.63) is 50.2 Å². The lowest BCUT2D eigenvalue weighted by atomic mass is 10.1. The quantitative estimate of drug-likeness (QED) is 0.683. The van der Waals surface area contributed by atoms with Crippen molar-refractivity contribution in [2.75, 3.05) is 5.32 Å². The van der Waals surface area contributed by atoms with Crippen LogP contribution in [0.15, 0.2) is 29.0 Å². The van der Waals surface area contributed by atoms with Gasteiger partial charge in [-0.15, -0.1) is 0 Å². The third kappa shape index (κ3) is 2.98. The van der Waals surface area contributed by atoms with E-state index in [4.69, 9.17) is 0 Å². The van der Waals surface area contributed by atoms with Crippen LogP contribution in [0.25, 0.3) is 0 Å². The van der Waals surface area contributed by atoms with E-state index < -0.39 is 0 Å². The lowest BCUT2D eigenvalue weighted by Crippen LogP contribution is -2.07. The fourth-order valence-electron chi connectivity index (χ4n) is 1.95. The molecule has 0 aliphatic rings. The molecule has 1 aromatic heterocycles. The summed E-state index contributed by atoms with van der Waals surface area (Å²) >= 11 is 3.43. The maximum absolute atomic E-state index is 11.0. The molecule has 0 aliphatic heterocycles. The third-order valence-electron chi connectivity index (χ3n) is 3.08. The van der Waals surface area contributed by atoms with Gasteiger partial charge in [-0.3, -0.25) is 14.8 Å². The number of nitro groups is 1. The normalized spacial score (nSPS) is 12.2. The molecule has 1 heterocycles. The largest absolute Gasteiger partial charge is 0.377 e. The Morgan fingerprint density at radius 2 is 2.20 bits per heavy atom. The molecule has 0 spiro atoms. The average Bonchev–Trinajstić information content (AvgIpc) is 2.79. The van der Waals surface area contributed by atoms with Gasteiger partial charge in [0.2, 0.25) is 0 Å². The van der Waals surface area contributed by atoms with Gasteiger partial charge in [0, 0.05) is 34.9 Å². The summed E-state index contributed by atoms with van der Waals surface area (Å²) in [5, 5.41) is 18.4. The summed E-state index contributed by atoms with van der Waals surface area (Å²) in [6, 6.07) is 3.30. The summed E-state index contributed by atoms with van der Waals surface area (Å²) in [4.78, 5) is 10.6. The summed E-state index contributed by atoms with van der Waals surface area (Å²) < 4.78 is 2.52. The minimum Gasteiger partial charge on any atom is -0.377 e. The van der Waals surface area contributed by atoms with E-state index in [1.54, 1.807) is 29.9 Å². The Labute approximate surface area is 125 Å². The van der Waals surface area contributed by atoms with Crippen LogP contribution >= 0.6 is 15.9 Å². The molecule has 2 rings (SSSR count). The highest BCUT2D eigenvalue weighted by Crippen LogP contribution is 2.32. The number of rotatable bonds is 4. The molecule has 0 fully saturated rings. The fourth-order valence-corrected chi connectivity index (χ4v) is 2.52. The van der Waals surface area contributed by atoms with Gasteiger partial charge in [-0.25, -0.2) is 0 Å². The van der Waals surface area contributed by atoms with E-state index >= 15 is 0 Å². The van der Waals surface area contributed by atoms with Crippen LogP contribution in [0.3, 0.4) is 0 Å². The summed E-state index contributed by atoms with van der Waals surface area (Å²) in [6.45, 7) is 3.70. The Hall–Kier alpha value is -1.89. The average molecular weight is 339 g/mol. The number of aromatic nitrogens is 2. The first kappa shape index (κ1) is 14.5. The summed E-state index contributed by atoms with van der Waals surface area (Å²) in [7, 11) is 1.85. The Kier molecular flexibility index (Phi) is 4.08. The third-order valence-corrected chi connectivity index (χ3v) is 3.74. The van der Waals surface area contributed by atoms with Gasteiger partial charge in [-0.1, -0.05) is 0 Å². The van der Waals surface area contributed by atoms with E-state index in [2.05, 4.69) is 26.3 Å². The van der Waals surface area contributed by atoms with Crippen LogP contribution in [0.2, 0.25) is 0 Å². The molecule has 0 aliphatic carbocycles. The number of nitro benzene ring substituents is 1. The molecule has 1 N–H and O–H groups in total. The SMILES string of the molecule is Cc1cc(Br)c(NC(C)c2cnn(C)c2)cc1[N+](=O)[O-]. The van der Waals surface area contributed by atoms with Crippen LogP contribution in [-0.2, 0) is 7.05 Å². The topological polar surface area (TPSA) is 73.0 Å². The Balaban J connectivity index is 2.29. The number of nitrogens with zero attached hydrogens (tertiary/aromatic N) is 3. The van der Waals surface area contributed by atoms with E-state index in [1.807, 2.05) is 20.2 Å². The second-order valence-electron chi connectivity index (χ2n) is 4.69. The maximum Gasteiger partial charge on any atom is 0.274 e. The van der Waals surface area contributed by atoms with E-state index in [9.17, 15) is 10.1 Å². The van der Waals surface area contributed by atoms with Crippen molar-refractivity contribution in [3.63, 3.8) is 0 Å². The van der Waals surface area contributed by atoms with Gasteiger partial charge in [0.25, 0.3) is 5.69 Å². The first-order valence-electron chi connectivity index (χ1n) is 6.08. The molecule has 2 aromatic rings. The number of benzene rings is 1. The van der Waals surface area contributed by atoms with Crippen molar-refractivity contribution in [2.45, 2.75) is 19.9 Å². The minimum absolute atomic E-state index is 0.00214. The number of hydrogen-bond donors (Lipinski definition) is 1. The molecule has 0 saturated heterocycles. The maximum atomic E-state index is 11.0. The fraction of sp³-hybridized carbons (Fsp3) is 0.308. The Morgan fingerprint density at radius 3 is 2.75 bits per heavy atom. The molecule has 1 atom stereocenters. The predicted octanol–water partition coefficient (Wildman–Crippen LogP) is 3.57. The van der Waals surface area contributed by atoms with E-state index in [0.29, 0.717) is 11.3 Å². The summed E-state index contributed by atoms with van der Waals surface area (Å²) in [5.41, 5.74) is 2.44. The highest BCUT2D eigenvalue weighted by Gasteiger charge is 2.16. The Morgan fingerprint density at radius 1 is 1.50 bits per heavy atom. The van der Waals surface area contributed by atoms with Crippen LogP contribution in [-0.4, -0.2) is 14.7 Å². The predicted molar refractivity (Wildman–Crippen MR) is 80.8 cm³/mol. The van der Waals surface area contributed by atoms with Crippen LogP contribution in [0.1, 0.15) is 24.1 Å². The Bertz CT molecular complexity index is 654. The van der Waals surface area contributed by atoms with Crippen LogP contribution < -0.4 is 5.32 Å². The number of aryl methyl sites for hydroxylation is 2. The van der Waals surface area contributed by atoms with Crippen molar-refractivity contribution >= 4 is 27.3 Å². The molecule has 0 amide bonds. The second-order valence-corrected chi connectivity index (χ2v) is 5.54. The van der Waals surface area contributed by atoms with Gasteiger partial charge < -0.3 is 5.32 Å². The summed E-state index contributed by atoms with van der Waals surface area (Å²) in [5.74, 6) is 0. The molecular formula is C13H15BrN4O2. The van der Waals surface area contributed by atoms with Gasteiger partial charge in [0.1, 0.15) is 0 Å². The van der Waals surface area contributed by atoms with E-state index in [0.717, 1.165) is 10.0 Å². The van der Waals surface area contributed by atoms with Gasteiger partial charge in [0.15, 0.2) is 0 Å². The first-order chi connectivity index (χ1) is 9.38. The van der Waals surface area contributed by atoms with Gasteiger partial charge in [0.05, 0.1) is 22.8 Å². The standard InChI is InChI=1S/C13H15BrN4O2/c1-8-4-11(14)12(5-13(8)18(19)20)16-9(2)10-6-15-17(3)7-10/h4-7,9,16H,1-3H3. The molecule has 0 radical (unpaired) electrons. The first-order valence-corrected chi connectivity index (χ1v) is 6.87. The zero-order chi connectivity index (χ0) is 14.9. The number of nitrogens with one attached hydrogen (secondary N) is 1. The molecule has 1 unspecified atom stereocenters. The number of hydrogen-bond acceptors (Lipinski definition) is 4. The van der Waals surface area contributed by atoms with Gasteiger partial charge in [-0.2, -0.15) is 5.10 Å². The molecule has 6 nitrogen and oxygen atoms in total. The summed E-state index contributed by atoms with van der Waals surface area (Å²) in [6.07, 6.45) is 3.68. The van der Waals surface area contributed by atoms with Gasteiger partial charge in [-0.05, 0) is 35.8 Å². The molecule has 20 heavy (non-hydrogen) atoms. The van der Waals surface area contributed by atoms with Crippen molar-refractivity contribution in [2.24, 2.45) is 7.05 Å². The van der Waals surface area contributed by atoms with Crippen LogP contribution in [0, 0.1) is 17.0 Å². The second kappa shape index (κ2) is 5.62. The van der Waals surface area contributed by atoms with Crippen LogP contribution in [0.5, 0.6) is 0 Å². The lowest BCUT2D eigenvalue weighted by Gasteiger charge is -2.15. The molecule has 1 aromatic carbocycles. The van der Waals surface area contributed by atoms with Crippen molar-refractivity contribution < 1.29 is 4.92 Å². The minimum atomic E-state index is -0.373. The highest BCUT2D eigenvalue weighted by atomic mass is 79.9. The zero-order valence-corrected chi connectivity index (χ0v) is 13.0. The monoisotopic (exact) mass is 338 g/mol. The van der Waals surface area contributed by atoms with Gasteiger partial charge >= 0.3 is 0 Å². The molecule has 0 bridgehead atoms. The lowest BCUT2D eigenvalue weighted by molar-refractivity contribution is -0.385. The van der Waals surface area contributed by atoms with E-state index in [1.165, 1.54) is 0 Å². The van der Waals surface area contributed by atoms with Crippen molar-refractivity contribution in [1.29, 1.82) is 0 Å². The number of anilines is 1. The zero-order valence-electron chi connectivity index (χ0n) is 11.4. The number of halogens is 1. The molecule has 7 heteroatoms. The van der Waals surface area contributed by atoms with Crippen molar-refractivity contribution in [1.82, 2.24) is 9.78 Å². The smallest absolute Gasteiger partial charge is 0.274 e. The van der Waals surface area contributed by atoms with Crippen molar-refractivity contribution in [3.8, 4) is 0 Å². The highest BCUT2D eigenvalue weighted by molar-refractivity contribution is 9.10. The molecular weight excluding hydrogens is 324 g/mol. The van der Waals surface area contributed by atoms with Crippen LogP contribution in [0.4, 0.5) is 11.4 Å². The van der Waals surface area contributed by atoms with E-state index in [-0.39, 0.29) is 16.7 Å².